The minimum Gasteiger partial charge on any atom is -0.458 e. The van der Waals surface area contributed by atoms with Crippen molar-refractivity contribution in [3.8, 4) is 0 Å². The van der Waals surface area contributed by atoms with Crippen molar-refractivity contribution in [2.75, 3.05) is 0 Å². The molecule has 7 nitrogen and oxygen atoms in total. The van der Waals surface area contributed by atoms with Crippen molar-refractivity contribution in [2.45, 2.75) is 65.0 Å². The summed E-state index contributed by atoms with van der Waals surface area (Å²) in [6.45, 7) is 8.02. The van der Waals surface area contributed by atoms with E-state index in [2.05, 4.69) is 0 Å². The van der Waals surface area contributed by atoms with E-state index in [0.29, 0.717) is 5.57 Å². The summed E-state index contributed by atoms with van der Waals surface area (Å²) in [5.74, 6) is -3.88. The smallest absolute Gasteiger partial charge is 0.333 e. The number of carbonyl (C=O) groups excluding carboxylic acids is 3. The van der Waals surface area contributed by atoms with Crippen molar-refractivity contribution >= 4 is 17.7 Å². The summed E-state index contributed by atoms with van der Waals surface area (Å²) in [6.07, 6.45) is 0.828. The van der Waals surface area contributed by atoms with Crippen molar-refractivity contribution in [2.24, 2.45) is 17.8 Å². The Kier molecular flexibility index (Phi) is 6.27. The van der Waals surface area contributed by atoms with Crippen molar-refractivity contribution < 1.29 is 34.1 Å². The van der Waals surface area contributed by atoms with Gasteiger partial charge < -0.3 is 19.7 Å². The maximum atomic E-state index is 12.8. The van der Waals surface area contributed by atoms with Crippen LogP contribution in [0.4, 0.5) is 0 Å². The molecule has 2 rings (SSSR count). The van der Waals surface area contributed by atoms with Gasteiger partial charge in [0.2, 0.25) is 0 Å². The fraction of sp³-hybridized carbons (Fsp3) is 0.650. The number of hydrogen-bond acceptors (Lipinski definition) is 7. The van der Waals surface area contributed by atoms with Gasteiger partial charge in [0.15, 0.2) is 17.5 Å². The van der Waals surface area contributed by atoms with Crippen LogP contribution in [0, 0.1) is 17.8 Å². The van der Waals surface area contributed by atoms with Crippen molar-refractivity contribution in [3.63, 3.8) is 0 Å². The van der Waals surface area contributed by atoms with Gasteiger partial charge in [-0.25, -0.2) is 4.79 Å². The van der Waals surface area contributed by atoms with Gasteiger partial charge in [-0.2, -0.15) is 0 Å². The van der Waals surface area contributed by atoms with Gasteiger partial charge in [0, 0.05) is 17.4 Å². The van der Waals surface area contributed by atoms with Crippen LogP contribution in [0.5, 0.6) is 0 Å². The summed E-state index contributed by atoms with van der Waals surface area (Å²) >= 11 is 0. The minimum absolute atomic E-state index is 0.154. The van der Waals surface area contributed by atoms with Crippen molar-refractivity contribution in [1.82, 2.24) is 0 Å². The highest BCUT2D eigenvalue weighted by Crippen LogP contribution is 2.45. The zero-order valence-corrected chi connectivity index (χ0v) is 16.3. The number of aliphatic hydroxyl groups is 2. The fourth-order valence-corrected chi connectivity index (χ4v) is 3.83. The molecule has 1 saturated heterocycles. The molecule has 2 fully saturated rings. The summed E-state index contributed by atoms with van der Waals surface area (Å²) in [6, 6.07) is 0. The summed E-state index contributed by atoms with van der Waals surface area (Å²) in [7, 11) is 0. The first-order valence-electron chi connectivity index (χ1n) is 9.21. The number of rotatable bonds is 4. The lowest BCUT2D eigenvalue weighted by Crippen LogP contribution is -2.61. The molecule has 0 amide bonds. The highest BCUT2D eigenvalue weighted by Gasteiger charge is 2.63. The Balaban J connectivity index is 2.59. The number of carbonyl (C=O) groups is 3. The lowest BCUT2D eigenvalue weighted by atomic mass is 9.77. The Hall–Kier alpha value is -1.99. The highest BCUT2D eigenvalue weighted by molar-refractivity contribution is 5.98. The molecule has 0 aromatic carbocycles. The van der Waals surface area contributed by atoms with Gasteiger partial charge in [0.05, 0.1) is 12.0 Å². The Morgan fingerprint density at radius 1 is 1.30 bits per heavy atom. The molecule has 0 aromatic rings. The maximum Gasteiger partial charge on any atom is 0.333 e. The molecule has 1 heterocycles. The normalized spacial score (nSPS) is 39.7. The van der Waals surface area contributed by atoms with E-state index in [4.69, 9.17) is 9.47 Å². The van der Waals surface area contributed by atoms with Gasteiger partial charge in [-0.3, -0.25) is 9.59 Å². The number of hydrogen-bond donors (Lipinski definition) is 2. The van der Waals surface area contributed by atoms with Crippen LogP contribution < -0.4 is 0 Å². The molecule has 0 aromatic heterocycles. The van der Waals surface area contributed by atoms with E-state index in [1.807, 2.05) is 0 Å². The zero-order chi connectivity index (χ0) is 20.5. The molecular formula is C20H28O7. The second-order valence-corrected chi connectivity index (χ2v) is 7.43. The molecule has 7 heteroatoms. The van der Waals surface area contributed by atoms with Crippen LogP contribution in [0.15, 0.2) is 23.8 Å². The van der Waals surface area contributed by atoms with Gasteiger partial charge in [0.1, 0.15) is 6.10 Å². The summed E-state index contributed by atoms with van der Waals surface area (Å²) in [5.41, 5.74) is -1.93. The summed E-state index contributed by atoms with van der Waals surface area (Å²) in [5, 5.41) is 22.0. The van der Waals surface area contributed by atoms with Gasteiger partial charge in [-0.05, 0) is 33.3 Å². The quantitative estimate of drug-likeness (QED) is 0.559. The van der Waals surface area contributed by atoms with E-state index < -0.39 is 59.4 Å². The van der Waals surface area contributed by atoms with Gasteiger partial charge >= 0.3 is 11.9 Å². The van der Waals surface area contributed by atoms with Gasteiger partial charge in [0.25, 0.3) is 0 Å². The molecule has 0 spiro atoms. The molecule has 0 bridgehead atoms. The first-order valence-corrected chi connectivity index (χ1v) is 9.21. The molecule has 150 valence electrons. The molecule has 0 radical (unpaired) electrons. The molecule has 2 N–H and O–H groups in total. The van der Waals surface area contributed by atoms with Crippen LogP contribution in [0.2, 0.25) is 0 Å². The monoisotopic (exact) mass is 380 g/mol. The third-order valence-electron chi connectivity index (χ3n) is 5.91. The second kappa shape index (κ2) is 7.94. The standard InChI is InChI=1S/C20H28O7/c1-6-8-15(22)20(25)12(5)14(21)9-13-11(4)19(24)26-16(13)17(20)27-18(23)10(3)7-2/h6-8,11-14,16-17,21,25H,9H2,1-5H3/b8-6+,10-7+/t11-,12+,13+,14-,16-,17+,20-/m1/s1. The molecule has 1 aliphatic carbocycles. The molecule has 1 saturated carbocycles. The molecule has 2 aliphatic rings. The van der Waals surface area contributed by atoms with Crippen LogP contribution in [0.3, 0.4) is 0 Å². The Bertz CT molecular complexity index is 680. The molecule has 1 aliphatic heterocycles. The number of esters is 2. The van der Waals surface area contributed by atoms with Crippen molar-refractivity contribution in [1.29, 1.82) is 0 Å². The minimum atomic E-state index is -2.22. The Morgan fingerprint density at radius 3 is 2.48 bits per heavy atom. The van der Waals surface area contributed by atoms with Crippen LogP contribution in [-0.2, 0) is 23.9 Å². The first kappa shape index (κ1) is 21.3. The average molecular weight is 380 g/mol. The predicted octanol–water partition coefficient (Wildman–Crippen LogP) is 1.32. The van der Waals surface area contributed by atoms with E-state index in [1.54, 1.807) is 33.8 Å². The SMILES string of the molecule is C/C=C/C(=O)[C@]1(O)[C@@H](C)[C@H](O)C[C@@H]2[C@@H](OC(=O)[C@@H]2C)[C@@H]1OC(=O)/C(C)=C/C. The molecule has 0 unspecified atom stereocenters. The fourth-order valence-electron chi connectivity index (χ4n) is 3.83. The van der Waals surface area contributed by atoms with E-state index in [1.165, 1.54) is 19.1 Å². The van der Waals surface area contributed by atoms with Crippen LogP contribution in [0.25, 0.3) is 0 Å². The molecule has 7 atom stereocenters. The topological polar surface area (TPSA) is 110 Å². The van der Waals surface area contributed by atoms with Crippen LogP contribution >= 0.6 is 0 Å². The average Bonchev–Trinajstić information content (AvgIpc) is 2.87. The predicted molar refractivity (Wildman–Crippen MR) is 96.4 cm³/mol. The second-order valence-electron chi connectivity index (χ2n) is 7.43. The van der Waals surface area contributed by atoms with E-state index >= 15 is 0 Å². The Morgan fingerprint density at radius 2 is 1.93 bits per heavy atom. The lowest BCUT2D eigenvalue weighted by molar-refractivity contribution is -0.195. The van der Waals surface area contributed by atoms with Gasteiger partial charge in [-0.15, -0.1) is 0 Å². The Labute approximate surface area is 159 Å². The zero-order valence-electron chi connectivity index (χ0n) is 16.3. The molecular weight excluding hydrogens is 352 g/mol. The summed E-state index contributed by atoms with van der Waals surface area (Å²) in [4.78, 5) is 37.4. The van der Waals surface area contributed by atoms with Crippen LogP contribution in [-0.4, -0.2) is 51.8 Å². The van der Waals surface area contributed by atoms with E-state index in [0.717, 1.165) is 0 Å². The lowest BCUT2D eigenvalue weighted by Gasteiger charge is -2.39. The third kappa shape index (κ3) is 3.58. The van der Waals surface area contributed by atoms with Gasteiger partial charge in [-0.1, -0.05) is 26.0 Å². The maximum absolute atomic E-state index is 12.8. The van der Waals surface area contributed by atoms with E-state index in [9.17, 15) is 24.6 Å². The number of fused-ring (bicyclic) bond motifs is 1. The number of allylic oxidation sites excluding steroid dienone is 2. The first-order chi connectivity index (χ1) is 12.6. The summed E-state index contributed by atoms with van der Waals surface area (Å²) < 4.78 is 11.0. The van der Waals surface area contributed by atoms with E-state index in [-0.39, 0.29) is 6.42 Å². The molecule has 27 heavy (non-hydrogen) atoms. The van der Waals surface area contributed by atoms with Crippen molar-refractivity contribution in [3.05, 3.63) is 23.8 Å². The number of ketones is 1. The van der Waals surface area contributed by atoms with Crippen LogP contribution in [0.1, 0.15) is 41.0 Å². The largest absolute Gasteiger partial charge is 0.458 e. The number of ether oxygens (including phenoxy) is 2. The number of aliphatic hydroxyl groups excluding tert-OH is 1. The third-order valence-corrected chi connectivity index (χ3v) is 5.91. The highest BCUT2D eigenvalue weighted by atomic mass is 16.6.